The first-order valence-electron chi connectivity index (χ1n) is 5.17. The van der Waals surface area contributed by atoms with Gasteiger partial charge in [0.1, 0.15) is 0 Å². The molecule has 14 heavy (non-hydrogen) atoms. The van der Waals surface area contributed by atoms with Crippen molar-refractivity contribution < 1.29 is 8.78 Å². The molecule has 0 spiro atoms. The summed E-state index contributed by atoms with van der Waals surface area (Å²) >= 11 is 5.88. The van der Waals surface area contributed by atoms with Gasteiger partial charge < -0.3 is 5.32 Å². The van der Waals surface area contributed by atoms with Crippen LogP contribution in [0, 0.1) is 5.92 Å². The quantitative estimate of drug-likeness (QED) is 0.726. The third-order valence-electron chi connectivity index (χ3n) is 2.98. The highest BCUT2D eigenvalue weighted by Crippen LogP contribution is 2.33. The lowest BCUT2D eigenvalue weighted by Gasteiger charge is -2.39. The number of rotatable bonds is 4. The van der Waals surface area contributed by atoms with Crippen molar-refractivity contribution in [2.75, 3.05) is 12.4 Å². The minimum absolute atomic E-state index is 0.237. The molecule has 4 heteroatoms. The van der Waals surface area contributed by atoms with E-state index < -0.39 is 6.43 Å². The van der Waals surface area contributed by atoms with Crippen LogP contribution >= 0.6 is 11.6 Å². The maximum Gasteiger partial charge on any atom is 0.250 e. The second kappa shape index (κ2) is 5.26. The molecule has 1 N–H and O–H groups in total. The van der Waals surface area contributed by atoms with Crippen molar-refractivity contribution in [3.8, 4) is 0 Å². The molecule has 0 aromatic rings. The van der Waals surface area contributed by atoms with Gasteiger partial charge in [-0.2, -0.15) is 0 Å². The summed E-state index contributed by atoms with van der Waals surface area (Å²) in [4.78, 5) is 0. The van der Waals surface area contributed by atoms with Crippen LogP contribution in [-0.2, 0) is 0 Å². The van der Waals surface area contributed by atoms with E-state index in [0.29, 0.717) is 11.8 Å². The molecule has 0 radical (unpaired) electrons. The molecule has 1 saturated carbocycles. The Kier molecular flexibility index (Phi) is 4.58. The van der Waals surface area contributed by atoms with Crippen LogP contribution in [0.4, 0.5) is 8.78 Å². The minimum atomic E-state index is -2.28. The first kappa shape index (κ1) is 12.2. The lowest BCUT2D eigenvalue weighted by Crippen LogP contribution is -2.51. The van der Waals surface area contributed by atoms with Crippen LogP contribution in [0.2, 0.25) is 0 Å². The van der Waals surface area contributed by atoms with Crippen LogP contribution in [-0.4, -0.2) is 24.4 Å². The summed E-state index contributed by atoms with van der Waals surface area (Å²) in [6, 6.07) is 0. The van der Waals surface area contributed by atoms with Gasteiger partial charge in [0, 0.05) is 11.4 Å². The van der Waals surface area contributed by atoms with E-state index in [1.54, 1.807) is 0 Å². The molecule has 1 aliphatic rings. The molecular weight excluding hydrogens is 208 g/mol. The van der Waals surface area contributed by atoms with Gasteiger partial charge in [-0.15, -0.1) is 11.6 Å². The first-order chi connectivity index (χ1) is 6.58. The summed E-state index contributed by atoms with van der Waals surface area (Å²) in [7, 11) is 0. The van der Waals surface area contributed by atoms with Crippen LogP contribution in [0.15, 0.2) is 0 Å². The van der Waals surface area contributed by atoms with E-state index >= 15 is 0 Å². The Morgan fingerprint density at radius 3 is 2.79 bits per heavy atom. The summed E-state index contributed by atoms with van der Waals surface area (Å²) in [5.41, 5.74) is -0.240. The minimum Gasteiger partial charge on any atom is -0.305 e. The Morgan fingerprint density at radius 1 is 1.57 bits per heavy atom. The second-order valence-corrected chi connectivity index (χ2v) is 4.65. The van der Waals surface area contributed by atoms with E-state index in [1.165, 1.54) is 6.42 Å². The van der Waals surface area contributed by atoms with E-state index in [2.05, 4.69) is 12.2 Å². The molecule has 0 aromatic carbocycles. The van der Waals surface area contributed by atoms with Gasteiger partial charge in [-0.1, -0.05) is 19.8 Å². The molecule has 2 atom stereocenters. The Morgan fingerprint density at radius 2 is 2.29 bits per heavy atom. The number of hydrogen-bond donors (Lipinski definition) is 1. The summed E-state index contributed by atoms with van der Waals surface area (Å²) in [6.07, 6.45) is 1.84. The molecule has 1 aliphatic carbocycles. The number of nitrogens with one attached hydrogen (secondary N) is 1. The van der Waals surface area contributed by atoms with Crippen LogP contribution in [0.1, 0.15) is 32.6 Å². The maximum absolute atomic E-state index is 12.1. The molecule has 0 aromatic heterocycles. The number of alkyl halides is 3. The highest BCUT2D eigenvalue weighted by atomic mass is 35.5. The molecule has 0 saturated heterocycles. The molecule has 1 nitrogen and oxygen atoms in total. The summed E-state index contributed by atoms with van der Waals surface area (Å²) in [5.74, 6) is 1.03. The monoisotopic (exact) mass is 225 g/mol. The summed E-state index contributed by atoms with van der Waals surface area (Å²) in [5, 5.41) is 2.93. The molecule has 0 bridgehead atoms. The van der Waals surface area contributed by atoms with Crippen LogP contribution < -0.4 is 5.32 Å². The van der Waals surface area contributed by atoms with Crippen molar-refractivity contribution in [2.24, 2.45) is 5.92 Å². The average Bonchev–Trinajstić information content (AvgIpc) is 2.15. The fourth-order valence-corrected chi connectivity index (χ4v) is 2.62. The van der Waals surface area contributed by atoms with Gasteiger partial charge in [-0.3, -0.25) is 0 Å². The molecule has 84 valence electrons. The lowest BCUT2D eigenvalue weighted by molar-refractivity contribution is 0.116. The first-order valence-corrected chi connectivity index (χ1v) is 5.70. The van der Waals surface area contributed by atoms with E-state index in [0.717, 1.165) is 19.3 Å². The fraction of sp³-hybridized carbons (Fsp3) is 1.00. The van der Waals surface area contributed by atoms with Crippen LogP contribution in [0.3, 0.4) is 0 Å². The SMILES string of the molecule is CC1CCCC(CCl)(NCC(F)F)C1. The van der Waals surface area contributed by atoms with Crippen molar-refractivity contribution in [3.05, 3.63) is 0 Å². The van der Waals surface area contributed by atoms with Crippen molar-refractivity contribution in [1.29, 1.82) is 0 Å². The topological polar surface area (TPSA) is 12.0 Å². The molecule has 0 aliphatic heterocycles. The molecule has 1 fully saturated rings. The van der Waals surface area contributed by atoms with Crippen molar-refractivity contribution in [2.45, 2.75) is 44.6 Å². The third kappa shape index (κ3) is 3.35. The van der Waals surface area contributed by atoms with Gasteiger partial charge in [-0.25, -0.2) is 8.78 Å². The van der Waals surface area contributed by atoms with Gasteiger partial charge in [-0.05, 0) is 18.8 Å². The maximum atomic E-state index is 12.1. The zero-order valence-electron chi connectivity index (χ0n) is 8.53. The van der Waals surface area contributed by atoms with E-state index in [-0.39, 0.29) is 12.1 Å². The van der Waals surface area contributed by atoms with Gasteiger partial charge in [0.25, 0.3) is 6.43 Å². The highest BCUT2D eigenvalue weighted by molar-refractivity contribution is 6.18. The second-order valence-electron chi connectivity index (χ2n) is 4.39. The Bertz CT molecular complexity index is 178. The fourth-order valence-electron chi connectivity index (χ4n) is 2.28. The van der Waals surface area contributed by atoms with E-state index in [4.69, 9.17) is 11.6 Å². The molecule has 2 unspecified atom stereocenters. The molecular formula is C10H18ClF2N. The largest absolute Gasteiger partial charge is 0.305 e. The van der Waals surface area contributed by atoms with Gasteiger partial charge >= 0.3 is 0 Å². The normalized spacial score (nSPS) is 33.6. The van der Waals surface area contributed by atoms with Crippen molar-refractivity contribution in [3.63, 3.8) is 0 Å². The summed E-state index contributed by atoms with van der Waals surface area (Å²) in [6.45, 7) is 1.92. The lowest BCUT2D eigenvalue weighted by atomic mass is 9.77. The van der Waals surface area contributed by atoms with Gasteiger partial charge in [0.2, 0.25) is 0 Å². The molecule has 0 heterocycles. The zero-order valence-corrected chi connectivity index (χ0v) is 9.29. The summed E-state index contributed by atoms with van der Waals surface area (Å²) < 4.78 is 24.2. The van der Waals surface area contributed by atoms with Crippen molar-refractivity contribution in [1.82, 2.24) is 5.32 Å². The molecule has 0 amide bonds. The smallest absolute Gasteiger partial charge is 0.250 e. The van der Waals surface area contributed by atoms with Gasteiger partial charge in [0.05, 0.1) is 6.54 Å². The highest BCUT2D eigenvalue weighted by Gasteiger charge is 2.34. The number of hydrogen-bond acceptors (Lipinski definition) is 1. The Balaban J connectivity index is 2.47. The van der Waals surface area contributed by atoms with Crippen LogP contribution in [0.5, 0.6) is 0 Å². The zero-order chi connectivity index (χ0) is 10.6. The predicted molar refractivity (Wildman–Crippen MR) is 55.1 cm³/mol. The number of halogens is 3. The van der Waals surface area contributed by atoms with Gasteiger partial charge in [0.15, 0.2) is 0 Å². The Hall–Kier alpha value is 0.110. The van der Waals surface area contributed by atoms with Crippen molar-refractivity contribution >= 4 is 11.6 Å². The third-order valence-corrected chi connectivity index (χ3v) is 3.49. The van der Waals surface area contributed by atoms with E-state index in [1.807, 2.05) is 0 Å². The van der Waals surface area contributed by atoms with E-state index in [9.17, 15) is 8.78 Å². The standard InChI is InChI=1S/C10H18ClF2N/c1-8-3-2-4-10(5-8,7-11)14-6-9(12)13/h8-9,14H,2-7H2,1H3. The Labute approximate surface area is 89.2 Å². The molecule has 1 rings (SSSR count). The van der Waals surface area contributed by atoms with Crippen LogP contribution in [0.25, 0.3) is 0 Å². The average molecular weight is 226 g/mol. The predicted octanol–water partition coefficient (Wildman–Crippen LogP) is 3.03.